The predicted octanol–water partition coefficient (Wildman–Crippen LogP) is 5.29. The Hall–Kier alpha value is -3.20. The highest BCUT2D eigenvalue weighted by Crippen LogP contribution is 2.44. The molecule has 5 heterocycles. The number of rotatable bonds is 5. The summed E-state index contributed by atoms with van der Waals surface area (Å²) >= 11 is 2.11. The minimum Gasteiger partial charge on any atom is -0.486 e. The van der Waals surface area contributed by atoms with Crippen LogP contribution in [0.5, 0.6) is 5.75 Å². The number of thioether (sulfide) groups is 1. The Morgan fingerprint density at radius 3 is 2.61 bits per heavy atom. The second-order valence-corrected chi connectivity index (χ2v) is 11.2. The van der Waals surface area contributed by atoms with E-state index < -0.39 is 0 Å². The largest absolute Gasteiger partial charge is 0.486 e. The summed E-state index contributed by atoms with van der Waals surface area (Å²) in [5.41, 5.74) is 6.24. The summed E-state index contributed by atoms with van der Waals surface area (Å²) in [5.74, 6) is 4.22. The van der Waals surface area contributed by atoms with Crippen molar-refractivity contribution in [2.24, 2.45) is 5.41 Å². The number of hydrogen-bond acceptors (Lipinski definition) is 8. The van der Waals surface area contributed by atoms with E-state index in [0.717, 1.165) is 63.8 Å². The molecule has 2 aliphatic heterocycles. The van der Waals surface area contributed by atoms with E-state index in [4.69, 9.17) is 14.7 Å². The van der Waals surface area contributed by atoms with Gasteiger partial charge in [-0.15, -0.1) is 0 Å². The summed E-state index contributed by atoms with van der Waals surface area (Å²) in [6, 6.07) is 5.99. The van der Waals surface area contributed by atoms with Gasteiger partial charge in [0.05, 0.1) is 17.4 Å². The first kappa shape index (κ1) is 23.2. The zero-order chi connectivity index (χ0) is 24.7. The van der Waals surface area contributed by atoms with Gasteiger partial charge in [0.15, 0.2) is 0 Å². The number of fused-ring (bicyclic) bond motifs is 1. The Morgan fingerprint density at radius 1 is 1.08 bits per heavy atom. The number of ether oxygens (including phenoxy) is 1. The molecule has 4 aromatic rings. The fraction of sp³-hybridized carbons (Fsp3) is 0.444. The van der Waals surface area contributed by atoms with Gasteiger partial charge in [0.25, 0.3) is 0 Å². The normalized spacial score (nSPS) is 18.1. The van der Waals surface area contributed by atoms with E-state index in [1.165, 1.54) is 30.8 Å². The third kappa shape index (κ3) is 4.30. The Labute approximate surface area is 215 Å². The number of aromatic nitrogens is 6. The number of nitrogens with zero attached hydrogens (tertiary/aromatic N) is 6. The van der Waals surface area contributed by atoms with Gasteiger partial charge in [-0.3, -0.25) is 5.10 Å². The molecule has 6 rings (SSSR count). The number of aromatic amines is 1. The first-order valence-electron chi connectivity index (χ1n) is 12.6. The van der Waals surface area contributed by atoms with Crippen molar-refractivity contribution in [1.82, 2.24) is 30.4 Å². The molecular formula is C27H31N7OS. The zero-order valence-corrected chi connectivity index (χ0v) is 21.8. The minimum atomic E-state index is -0.151. The summed E-state index contributed by atoms with van der Waals surface area (Å²) in [6.45, 7) is 8.11. The summed E-state index contributed by atoms with van der Waals surface area (Å²) in [6.07, 6.45) is 9.25. The summed E-state index contributed by atoms with van der Waals surface area (Å²) in [4.78, 5) is 11.8. The number of aryl methyl sites for hydroxylation is 2. The van der Waals surface area contributed by atoms with Crippen LogP contribution in [0.3, 0.4) is 0 Å². The topological polar surface area (TPSA) is 92.7 Å². The van der Waals surface area contributed by atoms with E-state index in [-0.39, 0.29) is 6.10 Å². The number of benzene rings is 1. The number of hydrogen-bond donors (Lipinski definition) is 1. The molecule has 36 heavy (non-hydrogen) atoms. The molecule has 0 radical (unpaired) electrons. The molecule has 0 unspecified atom stereocenters. The van der Waals surface area contributed by atoms with Crippen LogP contribution in [0.1, 0.15) is 49.1 Å². The fourth-order valence-electron chi connectivity index (χ4n) is 5.61. The van der Waals surface area contributed by atoms with Crippen LogP contribution in [-0.4, -0.2) is 55.0 Å². The van der Waals surface area contributed by atoms with Crippen molar-refractivity contribution in [2.75, 3.05) is 29.5 Å². The minimum absolute atomic E-state index is 0.151. The van der Waals surface area contributed by atoms with Crippen molar-refractivity contribution in [3.05, 3.63) is 53.6 Å². The molecule has 8 nitrogen and oxygen atoms in total. The fourth-order valence-corrected chi connectivity index (χ4v) is 7.19. The molecule has 1 aromatic carbocycles. The van der Waals surface area contributed by atoms with E-state index in [1.54, 1.807) is 6.20 Å². The van der Waals surface area contributed by atoms with E-state index in [2.05, 4.69) is 37.1 Å². The molecule has 2 aliphatic rings. The highest BCUT2D eigenvalue weighted by atomic mass is 32.2. The van der Waals surface area contributed by atoms with Gasteiger partial charge in [-0.1, -0.05) is 0 Å². The first-order chi connectivity index (χ1) is 17.5. The number of nitrogens with one attached hydrogen (secondary N) is 1. The number of anilines is 1. The standard InChI is InChI=1S/C27H31N7OS/c1-17-13-30-31-18(2)24(17)19(3)35-21-4-5-23-22(12-21)25(33-32-23)20-14-28-26(29-15-20)34-9-6-27(7-10-34)8-11-36-16-27/h4-5,12-15,19H,6-11,16H2,1-3H3,(H,32,33)/t19-/m1/s1. The van der Waals surface area contributed by atoms with Crippen LogP contribution in [-0.2, 0) is 0 Å². The van der Waals surface area contributed by atoms with Crippen molar-refractivity contribution in [3.63, 3.8) is 0 Å². The quantitative estimate of drug-likeness (QED) is 0.394. The van der Waals surface area contributed by atoms with Crippen molar-refractivity contribution < 1.29 is 4.74 Å². The lowest BCUT2D eigenvalue weighted by Crippen LogP contribution is -2.40. The van der Waals surface area contributed by atoms with E-state index in [1.807, 2.05) is 51.4 Å². The Kier molecular flexibility index (Phi) is 6.03. The molecule has 0 aliphatic carbocycles. The lowest BCUT2D eigenvalue weighted by molar-refractivity contribution is 0.225. The van der Waals surface area contributed by atoms with E-state index >= 15 is 0 Å². The molecule has 0 bridgehead atoms. The van der Waals surface area contributed by atoms with Gasteiger partial charge >= 0.3 is 0 Å². The van der Waals surface area contributed by atoms with Crippen LogP contribution < -0.4 is 9.64 Å². The van der Waals surface area contributed by atoms with Crippen LogP contribution in [0.15, 0.2) is 36.8 Å². The van der Waals surface area contributed by atoms with Gasteiger partial charge in [0, 0.05) is 42.0 Å². The SMILES string of the molecule is Cc1cnnc(C)c1[C@@H](C)Oc1ccc2[nH]nc(-c3cnc(N4CCC5(CCSC5)CC4)nc3)c2c1. The molecule has 2 fully saturated rings. The average molecular weight is 502 g/mol. The van der Waals surface area contributed by atoms with Crippen LogP contribution in [0.2, 0.25) is 0 Å². The third-order valence-corrected chi connectivity index (χ3v) is 9.04. The number of H-pyrrole nitrogens is 1. The highest BCUT2D eigenvalue weighted by Gasteiger charge is 2.38. The van der Waals surface area contributed by atoms with Gasteiger partial charge in [0.2, 0.25) is 5.95 Å². The monoisotopic (exact) mass is 501 g/mol. The van der Waals surface area contributed by atoms with E-state index in [9.17, 15) is 0 Å². The van der Waals surface area contributed by atoms with Crippen LogP contribution >= 0.6 is 11.8 Å². The Morgan fingerprint density at radius 2 is 1.89 bits per heavy atom. The van der Waals surface area contributed by atoms with Gasteiger partial charge in [-0.05, 0) is 80.7 Å². The molecule has 0 amide bonds. The second kappa shape index (κ2) is 9.35. The van der Waals surface area contributed by atoms with Gasteiger partial charge in [-0.2, -0.15) is 27.1 Å². The molecular weight excluding hydrogens is 470 g/mol. The van der Waals surface area contributed by atoms with Crippen molar-refractivity contribution >= 4 is 28.6 Å². The van der Waals surface area contributed by atoms with Crippen molar-refractivity contribution in [3.8, 4) is 17.0 Å². The zero-order valence-electron chi connectivity index (χ0n) is 21.0. The molecule has 2 saturated heterocycles. The molecule has 186 valence electrons. The third-order valence-electron chi connectivity index (χ3n) is 7.73. The smallest absolute Gasteiger partial charge is 0.225 e. The Bertz CT molecular complexity index is 1350. The second-order valence-electron chi connectivity index (χ2n) is 10.1. The van der Waals surface area contributed by atoms with Crippen LogP contribution in [0.25, 0.3) is 22.2 Å². The lowest BCUT2D eigenvalue weighted by Gasteiger charge is -2.38. The average Bonchev–Trinajstić information content (AvgIpc) is 3.52. The molecule has 1 N–H and O–H groups in total. The molecule has 3 aromatic heterocycles. The summed E-state index contributed by atoms with van der Waals surface area (Å²) in [5, 5.41) is 16.9. The highest BCUT2D eigenvalue weighted by molar-refractivity contribution is 7.99. The van der Waals surface area contributed by atoms with Crippen molar-refractivity contribution in [1.29, 1.82) is 0 Å². The summed E-state index contributed by atoms with van der Waals surface area (Å²) < 4.78 is 6.32. The van der Waals surface area contributed by atoms with Gasteiger partial charge < -0.3 is 9.64 Å². The number of piperidine rings is 1. The molecule has 0 saturated carbocycles. The van der Waals surface area contributed by atoms with Gasteiger partial charge in [-0.25, -0.2) is 9.97 Å². The maximum absolute atomic E-state index is 6.32. The Balaban J connectivity index is 1.21. The van der Waals surface area contributed by atoms with Gasteiger partial charge in [0.1, 0.15) is 17.5 Å². The van der Waals surface area contributed by atoms with Crippen LogP contribution in [0, 0.1) is 19.3 Å². The summed E-state index contributed by atoms with van der Waals surface area (Å²) in [7, 11) is 0. The van der Waals surface area contributed by atoms with Crippen LogP contribution in [0.4, 0.5) is 5.95 Å². The molecule has 9 heteroatoms. The predicted molar refractivity (Wildman–Crippen MR) is 143 cm³/mol. The lowest BCUT2D eigenvalue weighted by atomic mass is 9.78. The van der Waals surface area contributed by atoms with E-state index in [0.29, 0.717) is 5.41 Å². The van der Waals surface area contributed by atoms with Crippen molar-refractivity contribution in [2.45, 2.75) is 46.1 Å². The molecule has 1 spiro atoms. The molecule has 1 atom stereocenters. The maximum atomic E-state index is 6.32. The maximum Gasteiger partial charge on any atom is 0.225 e. The first-order valence-corrected chi connectivity index (χ1v) is 13.8.